The Kier molecular flexibility index (Phi) is 6.72. The predicted octanol–water partition coefficient (Wildman–Crippen LogP) is 2.67. The maximum atomic E-state index is 13.2. The van der Waals surface area contributed by atoms with Crippen molar-refractivity contribution in [2.75, 3.05) is 13.1 Å². The van der Waals surface area contributed by atoms with Gasteiger partial charge in [-0.3, -0.25) is 19.0 Å². The number of rotatable bonds is 5. The molecule has 3 amide bonds. The van der Waals surface area contributed by atoms with E-state index < -0.39 is 50.0 Å². The largest absolute Gasteiger partial charge is 0.498 e. The third-order valence-corrected chi connectivity index (χ3v) is 9.22. The number of hydrogen-bond acceptors (Lipinski definition) is 6. The van der Waals surface area contributed by atoms with Gasteiger partial charge in [-0.2, -0.15) is 0 Å². The number of quaternary nitrogens is 1. The summed E-state index contributed by atoms with van der Waals surface area (Å²) in [4.78, 5) is 39.4. The van der Waals surface area contributed by atoms with Gasteiger partial charge in [0.1, 0.15) is 17.5 Å². The van der Waals surface area contributed by atoms with Crippen LogP contribution < -0.4 is 9.83 Å². The molecule has 0 aliphatic carbocycles. The Morgan fingerprint density at radius 2 is 1.69 bits per heavy atom. The number of carbonyl (C=O) groups excluding carboxylic acids is 3. The van der Waals surface area contributed by atoms with Gasteiger partial charge < -0.3 is 9.90 Å². The molecule has 36 heavy (non-hydrogen) atoms. The van der Waals surface area contributed by atoms with Crippen molar-refractivity contribution in [1.82, 2.24) is 9.62 Å². The maximum absolute atomic E-state index is 13.2. The number of fused-ring (bicyclic) bond motifs is 1. The van der Waals surface area contributed by atoms with E-state index in [1.165, 1.54) is 18.2 Å². The quantitative estimate of drug-likeness (QED) is 0.448. The fraction of sp³-hybridized carbons (Fsp3) is 0.375. The van der Waals surface area contributed by atoms with Crippen molar-refractivity contribution in [3.05, 3.63) is 63.6 Å². The van der Waals surface area contributed by atoms with Gasteiger partial charge in [0.05, 0.1) is 34.3 Å². The number of imide groups is 1. The molecule has 3 atom stereocenters. The average molecular weight is 554 g/mol. The van der Waals surface area contributed by atoms with E-state index in [0.29, 0.717) is 0 Å². The average Bonchev–Trinajstić information content (AvgIpc) is 3.27. The summed E-state index contributed by atoms with van der Waals surface area (Å²) in [5.41, 5.74) is -0.456. The third kappa shape index (κ3) is 4.31. The minimum absolute atomic E-state index is 0.0378. The number of hydrogen-bond donors (Lipinski definition) is 1. The fourth-order valence-electron chi connectivity index (χ4n) is 5.28. The molecule has 0 radical (unpaired) electrons. The van der Waals surface area contributed by atoms with Gasteiger partial charge >= 0.3 is 0 Å². The topological polar surface area (TPSA) is 124 Å². The number of halogens is 2. The lowest BCUT2D eigenvalue weighted by Gasteiger charge is -2.49. The first-order valence-electron chi connectivity index (χ1n) is 11.2. The molecule has 2 aliphatic heterocycles. The highest BCUT2D eigenvalue weighted by Crippen LogP contribution is 2.39. The number of likely N-dealkylation sites (tertiary alicyclic amines) is 1. The number of sulfonamides is 1. The molecule has 1 fully saturated rings. The van der Waals surface area contributed by atoms with E-state index in [1.807, 2.05) is 0 Å². The van der Waals surface area contributed by atoms with E-state index >= 15 is 0 Å². The molecule has 2 aliphatic rings. The Hall–Kier alpha value is -2.50. The molecular weight excluding hydrogens is 529 g/mol. The first kappa shape index (κ1) is 26.6. The summed E-state index contributed by atoms with van der Waals surface area (Å²) in [6.07, 6.45) is -1.39. The molecule has 1 saturated heterocycles. The summed E-state index contributed by atoms with van der Waals surface area (Å²) < 4.78 is 28.2. The third-order valence-electron chi connectivity index (χ3n) is 6.99. The van der Waals surface area contributed by atoms with Crippen molar-refractivity contribution in [3.8, 4) is 0 Å². The second-order valence-corrected chi connectivity index (χ2v) is 12.6. The number of carbonyl (C=O) groups is 3. The maximum Gasteiger partial charge on any atom is 0.261 e. The Morgan fingerprint density at radius 1 is 1.11 bits per heavy atom. The zero-order valence-corrected chi connectivity index (χ0v) is 22.2. The second kappa shape index (κ2) is 9.11. The van der Waals surface area contributed by atoms with Gasteiger partial charge in [-0.15, -0.1) is 0 Å². The molecule has 0 saturated carbocycles. The second-order valence-electron chi connectivity index (χ2n) is 10.0. The van der Waals surface area contributed by atoms with Gasteiger partial charge in [0.2, 0.25) is 10.0 Å². The molecule has 0 spiro atoms. The van der Waals surface area contributed by atoms with E-state index in [9.17, 15) is 27.9 Å². The molecule has 192 valence electrons. The van der Waals surface area contributed by atoms with Gasteiger partial charge in [0.25, 0.3) is 17.9 Å². The monoisotopic (exact) mass is 553 g/mol. The highest BCUT2D eigenvalue weighted by molar-refractivity contribution is 7.89. The minimum atomic E-state index is -4.17. The fourth-order valence-corrected chi connectivity index (χ4v) is 7.28. The molecule has 9 nitrogen and oxygen atoms in total. The van der Waals surface area contributed by atoms with Gasteiger partial charge in [-0.1, -0.05) is 35.3 Å². The van der Waals surface area contributed by atoms with Crippen LogP contribution in [-0.2, 0) is 10.0 Å². The van der Waals surface area contributed by atoms with E-state index in [1.54, 1.807) is 45.0 Å². The van der Waals surface area contributed by atoms with Crippen LogP contribution in [0.4, 0.5) is 4.79 Å². The molecule has 4 rings (SSSR count). The zero-order chi connectivity index (χ0) is 26.6. The van der Waals surface area contributed by atoms with Gasteiger partial charge in [0, 0.05) is 11.4 Å². The minimum Gasteiger partial charge on any atom is -0.498 e. The number of amides is 3. The summed E-state index contributed by atoms with van der Waals surface area (Å²) in [7, 11) is -4.17. The van der Waals surface area contributed by atoms with Crippen molar-refractivity contribution in [3.63, 3.8) is 0 Å². The first-order chi connectivity index (χ1) is 16.7. The number of nitrogens with zero attached hydrogens (tertiary/aromatic N) is 2. The van der Waals surface area contributed by atoms with Crippen LogP contribution in [0, 0.1) is 0 Å². The summed E-state index contributed by atoms with van der Waals surface area (Å²) in [5.74, 6) is -1.04. The van der Waals surface area contributed by atoms with Crippen LogP contribution in [0.25, 0.3) is 0 Å². The Bertz CT molecular complexity index is 1340. The Balaban J connectivity index is 1.68. The molecular formula is C24H25Cl2N3O6S. The molecule has 12 heteroatoms. The standard InChI is InChI=1S/C24H25Cl2N3O6S/c1-24(2,3)29(23(32)33)13-15(27-36(34,35)20-10-14(25)8-9-19(20)26)11-16(29)12-28-21(30)17-6-4-5-7-18(17)22(28)31/h4-10,15-16,27H,11-13H2,1-3H3/t15-,16-,29?/m1/s1. The molecule has 2 heterocycles. The van der Waals surface area contributed by atoms with Gasteiger partial charge in [-0.05, 0) is 51.1 Å². The van der Waals surface area contributed by atoms with Crippen LogP contribution in [0.15, 0.2) is 47.4 Å². The first-order valence-corrected chi connectivity index (χ1v) is 13.4. The highest BCUT2D eigenvalue weighted by atomic mass is 35.5. The number of nitrogens with one attached hydrogen (secondary N) is 1. The molecule has 2 aromatic carbocycles. The molecule has 2 aromatic rings. The SMILES string of the molecule is CC(C)(C)[N+]1(C(=O)[O-])C[C@H](NS(=O)(=O)c2cc(Cl)ccc2Cl)C[C@@H]1CN1C(=O)c2ccccc2C1=O. The van der Waals surface area contributed by atoms with E-state index in [2.05, 4.69) is 4.72 Å². The molecule has 0 bridgehead atoms. The van der Waals surface area contributed by atoms with E-state index in [0.717, 1.165) is 4.90 Å². The highest BCUT2D eigenvalue weighted by Gasteiger charge is 2.57. The van der Waals surface area contributed by atoms with Crippen molar-refractivity contribution in [2.24, 2.45) is 0 Å². The lowest BCUT2D eigenvalue weighted by molar-refractivity contribution is -0.929. The predicted molar refractivity (Wildman–Crippen MR) is 131 cm³/mol. The molecule has 0 aromatic heterocycles. The summed E-state index contributed by atoms with van der Waals surface area (Å²) in [6, 6.07) is 8.71. The van der Waals surface area contributed by atoms with Crippen molar-refractivity contribution in [2.45, 2.75) is 49.7 Å². The Labute approximate surface area is 219 Å². The summed E-state index contributed by atoms with van der Waals surface area (Å²) >= 11 is 12.1. The molecule has 1 N–H and O–H groups in total. The molecule has 1 unspecified atom stereocenters. The van der Waals surface area contributed by atoms with Crippen LogP contribution in [-0.4, -0.2) is 66.4 Å². The van der Waals surface area contributed by atoms with Gasteiger partial charge in [-0.25, -0.2) is 13.1 Å². The van der Waals surface area contributed by atoms with Crippen LogP contribution in [0.1, 0.15) is 47.9 Å². The van der Waals surface area contributed by atoms with Crippen LogP contribution in [0.3, 0.4) is 0 Å². The number of carboxylic acid groups (broad SMARTS) is 1. The van der Waals surface area contributed by atoms with Crippen LogP contribution in [0.5, 0.6) is 0 Å². The normalized spacial score (nSPS) is 24.3. The van der Waals surface area contributed by atoms with Crippen molar-refractivity contribution >= 4 is 51.1 Å². The Morgan fingerprint density at radius 3 is 2.22 bits per heavy atom. The lowest BCUT2D eigenvalue weighted by atomic mass is 9.99. The summed E-state index contributed by atoms with van der Waals surface area (Å²) in [5, 5.41) is 12.8. The van der Waals surface area contributed by atoms with E-state index in [-0.39, 0.29) is 45.6 Å². The zero-order valence-electron chi connectivity index (χ0n) is 19.8. The lowest BCUT2D eigenvalue weighted by Crippen LogP contribution is -2.72. The summed E-state index contributed by atoms with van der Waals surface area (Å²) in [6.45, 7) is 4.72. The van der Waals surface area contributed by atoms with Gasteiger partial charge in [0.15, 0.2) is 0 Å². The van der Waals surface area contributed by atoms with Crippen molar-refractivity contribution in [1.29, 1.82) is 0 Å². The number of benzene rings is 2. The van der Waals surface area contributed by atoms with Crippen molar-refractivity contribution < 1.29 is 32.4 Å². The van der Waals surface area contributed by atoms with E-state index in [4.69, 9.17) is 23.2 Å². The van der Waals surface area contributed by atoms with Crippen LogP contribution in [0.2, 0.25) is 10.0 Å². The smallest absolute Gasteiger partial charge is 0.261 e. The van der Waals surface area contributed by atoms with Crippen LogP contribution >= 0.6 is 23.2 Å².